The second kappa shape index (κ2) is 8.97. The first-order valence-electron chi connectivity index (χ1n) is 9.09. The van der Waals surface area contributed by atoms with Crippen LogP contribution in [0.1, 0.15) is 30.4 Å². The van der Waals surface area contributed by atoms with Crippen molar-refractivity contribution in [1.82, 2.24) is 0 Å². The molecule has 0 aromatic heterocycles. The fourth-order valence-electron chi connectivity index (χ4n) is 3.67. The molecule has 4 atom stereocenters. The minimum atomic E-state index is -1.67. The number of ether oxygens (including phenoxy) is 2. The zero-order chi connectivity index (χ0) is 20.9. The molecule has 1 fully saturated rings. The molecule has 2 rings (SSSR count). The fourth-order valence-corrected chi connectivity index (χ4v) is 3.67. The van der Waals surface area contributed by atoms with Crippen LogP contribution in [0.5, 0.6) is 0 Å². The summed E-state index contributed by atoms with van der Waals surface area (Å²) in [4.78, 5) is 38.3. The Hall–Kier alpha value is -2.73. The smallest absolute Gasteiger partial charge is 0.317 e. The quantitative estimate of drug-likeness (QED) is 0.440. The molecule has 6 nitrogen and oxygen atoms in total. The van der Waals surface area contributed by atoms with Crippen molar-refractivity contribution in [3.8, 4) is 0 Å². The van der Waals surface area contributed by atoms with Crippen LogP contribution in [-0.4, -0.2) is 41.6 Å². The third-order valence-corrected chi connectivity index (χ3v) is 4.92. The van der Waals surface area contributed by atoms with Crippen LogP contribution in [0.25, 0.3) is 0 Å². The maximum absolute atomic E-state index is 12.8. The molecule has 150 valence electrons. The lowest BCUT2D eigenvalue weighted by atomic mass is 9.61. The van der Waals surface area contributed by atoms with Crippen molar-refractivity contribution in [2.75, 3.05) is 13.2 Å². The molecule has 1 saturated carbocycles. The summed E-state index contributed by atoms with van der Waals surface area (Å²) in [6, 6.07) is 7.13. The van der Waals surface area contributed by atoms with Crippen LogP contribution in [0.3, 0.4) is 0 Å². The number of aryl methyl sites for hydroxylation is 1. The van der Waals surface area contributed by atoms with Gasteiger partial charge in [-0.3, -0.25) is 14.4 Å². The summed E-state index contributed by atoms with van der Waals surface area (Å²) in [6.07, 6.45) is 2.46. The summed E-state index contributed by atoms with van der Waals surface area (Å²) in [5.74, 6) is -5.15. The van der Waals surface area contributed by atoms with Gasteiger partial charge in [0, 0.05) is 12.3 Å². The summed E-state index contributed by atoms with van der Waals surface area (Å²) < 4.78 is 10.3. The van der Waals surface area contributed by atoms with Gasteiger partial charge in [-0.25, -0.2) is 0 Å². The molecule has 1 aromatic rings. The van der Waals surface area contributed by atoms with E-state index >= 15 is 0 Å². The Balaban J connectivity index is 2.56. The van der Waals surface area contributed by atoms with E-state index in [1.165, 1.54) is 19.1 Å². The van der Waals surface area contributed by atoms with Gasteiger partial charge >= 0.3 is 11.9 Å². The van der Waals surface area contributed by atoms with E-state index < -0.39 is 41.1 Å². The van der Waals surface area contributed by atoms with Gasteiger partial charge in [-0.2, -0.15) is 0 Å². The highest BCUT2D eigenvalue weighted by molar-refractivity contribution is 6.02. The van der Waals surface area contributed by atoms with Crippen molar-refractivity contribution in [2.24, 2.45) is 11.8 Å². The highest BCUT2D eigenvalue weighted by atomic mass is 16.5. The average molecular weight is 386 g/mol. The van der Waals surface area contributed by atoms with E-state index in [0.717, 1.165) is 5.56 Å². The van der Waals surface area contributed by atoms with E-state index in [9.17, 15) is 19.5 Å². The number of rotatable bonds is 7. The molecule has 1 aromatic carbocycles. The van der Waals surface area contributed by atoms with Crippen LogP contribution < -0.4 is 0 Å². The van der Waals surface area contributed by atoms with Crippen molar-refractivity contribution in [1.29, 1.82) is 0 Å². The first-order valence-corrected chi connectivity index (χ1v) is 9.09. The SMILES string of the molecule is C=CCOC(=O)[C@@H]1C(=O)C[C@](C)(O)[C@@H](C(=O)OCC=C)[C@H]1c1ccc(C)cc1. The van der Waals surface area contributed by atoms with E-state index in [-0.39, 0.29) is 19.6 Å². The molecular weight excluding hydrogens is 360 g/mol. The van der Waals surface area contributed by atoms with E-state index in [0.29, 0.717) is 5.56 Å². The van der Waals surface area contributed by atoms with Gasteiger partial charge in [0.1, 0.15) is 19.1 Å². The van der Waals surface area contributed by atoms with Crippen LogP contribution in [0.2, 0.25) is 0 Å². The zero-order valence-corrected chi connectivity index (χ0v) is 16.2. The Morgan fingerprint density at radius 2 is 1.68 bits per heavy atom. The highest BCUT2D eigenvalue weighted by Crippen LogP contribution is 2.46. The van der Waals surface area contributed by atoms with Gasteiger partial charge in [0.25, 0.3) is 0 Å². The molecule has 0 spiro atoms. The van der Waals surface area contributed by atoms with Gasteiger partial charge in [0.2, 0.25) is 0 Å². The van der Waals surface area contributed by atoms with E-state index in [4.69, 9.17) is 9.47 Å². The maximum Gasteiger partial charge on any atom is 0.317 e. The number of ketones is 1. The first kappa shape index (κ1) is 21.6. The Morgan fingerprint density at radius 1 is 1.14 bits per heavy atom. The van der Waals surface area contributed by atoms with E-state index in [1.807, 2.05) is 19.1 Å². The van der Waals surface area contributed by atoms with Gasteiger partial charge in [-0.15, -0.1) is 0 Å². The number of carbonyl (C=O) groups is 3. The second-order valence-corrected chi connectivity index (χ2v) is 7.23. The van der Waals surface area contributed by atoms with Crippen LogP contribution in [-0.2, 0) is 23.9 Å². The summed E-state index contributed by atoms with van der Waals surface area (Å²) in [7, 11) is 0. The van der Waals surface area contributed by atoms with Crippen LogP contribution in [0.15, 0.2) is 49.6 Å². The average Bonchev–Trinajstić information content (AvgIpc) is 2.63. The molecule has 0 saturated heterocycles. The van der Waals surface area contributed by atoms with Gasteiger partial charge in [0.15, 0.2) is 5.78 Å². The molecule has 1 N–H and O–H groups in total. The first-order chi connectivity index (χ1) is 13.2. The van der Waals surface area contributed by atoms with Crippen molar-refractivity contribution in [2.45, 2.75) is 31.8 Å². The van der Waals surface area contributed by atoms with Crippen molar-refractivity contribution >= 4 is 17.7 Å². The third kappa shape index (κ3) is 4.57. The molecule has 0 unspecified atom stereocenters. The van der Waals surface area contributed by atoms with Crippen LogP contribution in [0.4, 0.5) is 0 Å². The number of Topliss-reactive ketones (excluding diaryl/α,β-unsaturated/α-hetero) is 1. The van der Waals surface area contributed by atoms with Gasteiger partial charge < -0.3 is 14.6 Å². The maximum atomic E-state index is 12.8. The Kier molecular flexibility index (Phi) is 6.91. The molecule has 0 radical (unpaired) electrons. The van der Waals surface area contributed by atoms with Gasteiger partial charge in [-0.1, -0.05) is 55.1 Å². The highest BCUT2D eigenvalue weighted by Gasteiger charge is 2.57. The third-order valence-electron chi connectivity index (χ3n) is 4.92. The predicted octanol–water partition coefficient (Wildman–Crippen LogP) is 2.49. The molecule has 0 heterocycles. The molecule has 0 aliphatic heterocycles. The Labute approximate surface area is 164 Å². The zero-order valence-electron chi connectivity index (χ0n) is 16.2. The van der Waals surface area contributed by atoms with Gasteiger partial charge in [0.05, 0.1) is 11.5 Å². The normalized spacial score (nSPS) is 27.0. The molecule has 28 heavy (non-hydrogen) atoms. The Bertz CT molecular complexity index is 762. The predicted molar refractivity (Wildman–Crippen MR) is 103 cm³/mol. The minimum Gasteiger partial charge on any atom is -0.461 e. The topological polar surface area (TPSA) is 89.9 Å². The monoisotopic (exact) mass is 386 g/mol. The fraction of sp³-hybridized carbons (Fsp3) is 0.409. The van der Waals surface area contributed by atoms with Crippen LogP contribution >= 0.6 is 0 Å². The summed E-state index contributed by atoms with van der Waals surface area (Å²) in [5.41, 5.74) is -0.102. The molecule has 1 aliphatic rings. The number of benzene rings is 1. The lowest BCUT2D eigenvalue weighted by molar-refractivity contribution is -0.171. The second-order valence-electron chi connectivity index (χ2n) is 7.23. The van der Waals surface area contributed by atoms with Crippen molar-refractivity contribution < 1.29 is 29.0 Å². The standard InChI is InChI=1S/C22H26O6/c1-5-11-27-20(24)18-16(23)13-22(4,26)19(21(25)28-12-6-2)17(18)15-9-7-14(3)8-10-15/h5-10,17-19,26H,1-2,11-13H2,3-4H3/t17-,18+,19+,22-/m0/s1. The number of hydrogen-bond donors (Lipinski definition) is 1. The number of esters is 2. The number of carbonyl (C=O) groups excluding carboxylic acids is 3. The number of hydrogen-bond acceptors (Lipinski definition) is 6. The number of aliphatic hydroxyl groups is 1. The molecule has 0 amide bonds. The van der Waals surface area contributed by atoms with Gasteiger partial charge in [-0.05, 0) is 19.4 Å². The molecule has 6 heteroatoms. The summed E-state index contributed by atoms with van der Waals surface area (Å²) in [5, 5.41) is 10.9. The molecular formula is C22H26O6. The summed E-state index contributed by atoms with van der Waals surface area (Å²) in [6.45, 7) is 10.2. The largest absolute Gasteiger partial charge is 0.461 e. The van der Waals surface area contributed by atoms with E-state index in [2.05, 4.69) is 13.2 Å². The minimum absolute atomic E-state index is 0.0362. The van der Waals surface area contributed by atoms with E-state index in [1.54, 1.807) is 12.1 Å². The van der Waals surface area contributed by atoms with Crippen molar-refractivity contribution in [3.05, 3.63) is 60.7 Å². The summed E-state index contributed by atoms with van der Waals surface area (Å²) >= 11 is 0. The van der Waals surface area contributed by atoms with Crippen molar-refractivity contribution in [3.63, 3.8) is 0 Å². The van der Waals surface area contributed by atoms with Crippen LogP contribution in [0, 0.1) is 18.8 Å². The lowest BCUT2D eigenvalue weighted by Gasteiger charge is -2.43. The Morgan fingerprint density at radius 3 is 2.21 bits per heavy atom. The molecule has 1 aliphatic carbocycles. The molecule has 0 bridgehead atoms. The lowest BCUT2D eigenvalue weighted by Crippen LogP contribution is -2.55.